The van der Waals surface area contributed by atoms with Gasteiger partial charge < -0.3 is 10.0 Å². The van der Waals surface area contributed by atoms with Crippen LogP contribution in [-0.2, 0) is 11.2 Å². The summed E-state index contributed by atoms with van der Waals surface area (Å²) in [7, 11) is 1.82. The zero-order valence-corrected chi connectivity index (χ0v) is 11.2. The van der Waals surface area contributed by atoms with Gasteiger partial charge in [0.1, 0.15) is 0 Å². The van der Waals surface area contributed by atoms with E-state index in [1.807, 2.05) is 19.2 Å². The molecule has 0 radical (unpaired) electrons. The van der Waals surface area contributed by atoms with Crippen LogP contribution in [-0.4, -0.2) is 35.6 Å². The van der Waals surface area contributed by atoms with Gasteiger partial charge in [0.05, 0.1) is 12.5 Å². The van der Waals surface area contributed by atoms with Crippen LogP contribution in [0.15, 0.2) is 24.3 Å². The second-order valence-corrected chi connectivity index (χ2v) is 5.51. The van der Waals surface area contributed by atoms with Crippen LogP contribution in [0.25, 0.3) is 0 Å². The van der Waals surface area contributed by atoms with Crippen LogP contribution in [0, 0.1) is 5.92 Å². The standard InChI is InChI=1S/C14H18ClNO2/c1-16(9-11-6-13(17)7-11)14(18)8-10-2-4-12(15)5-3-10/h2-5,11,13,17H,6-9H2,1H3. The summed E-state index contributed by atoms with van der Waals surface area (Å²) in [5, 5.41) is 9.90. The minimum atomic E-state index is -0.158. The molecule has 1 aliphatic carbocycles. The Bertz CT molecular complexity index is 412. The lowest BCUT2D eigenvalue weighted by Gasteiger charge is -2.34. The van der Waals surface area contributed by atoms with Crippen LogP contribution in [0.5, 0.6) is 0 Å². The van der Waals surface area contributed by atoms with E-state index in [0.717, 1.165) is 24.9 Å². The van der Waals surface area contributed by atoms with Crippen LogP contribution < -0.4 is 0 Å². The Morgan fingerprint density at radius 1 is 1.39 bits per heavy atom. The largest absolute Gasteiger partial charge is 0.393 e. The lowest BCUT2D eigenvalue weighted by atomic mass is 9.82. The second kappa shape index (κ2) is 5.72. The molecule has 4 heteroatoms. The molecule has 1 amide bonds. The minimum Gasteiger partial charge on any atom is -0.393 e. The lowest BCUT2D eigenvalue weighted by molar-refractivity contribution is -0.130. The van der Waals surface area contributed by atoms with Crippen molar-refractivity contribution >= 4 is 17.5 Å². The van der Waals surface area contributed by atoms with Crippen molar-refractivity contribution in [3.8, 4) is 0 Å². The van der Waals surface area contributed by atoms with E-state index in [2.05, 4.69) is 0 Å². The molecule has 1 fully saturated rings. The van der Waals surface area contributed by atoms with Crippen molar-refractivity contribution in [3.63, 3.8) is 0 Å². The average molecular weight is 268 g/mol. The molecule has 0 saturated heterocycles. The number of halogens is 1. The fraction of sp³-hybridized carbons (Fsp3) is 0.500. The zero-order chi connectivity index (χ0) is 13.1. The predicted molar refractivity (Wildman–Crippen MR) is 71.5 cm³/mol. The molecule has 0 aliphatic heterocycles. The van der Waals surface area contributed by atoms with Gasteiger partial charge in [-0.15, -0.1) is 0 Å². The fourth-order valence-corrected chi connectivity index (χ4v) is 2.38. The summed E-state index contributed by atoms with van der Waals surface area (Å²) in [4.78, 5) is 13.7. The number of likely N-dealkylation sites (N-methyl/N-ethyl adjacent to an activating group) is 1. The first-order chi connectivity index (χ1) is 8.54. The molecule has 0 heterocycles. The van der Waals surface area contributed by atoms with Crippen molar-refractivity contribution < 1.29 is 9.90 Å². The molecule has 3 nitrogen and oxygen atoms in total. The molecular weight excluding hydrogens is 250 g/mol. The first-order valence-corrected chi connectivity index (χ1v) is 6.59. The maximum Gasteiger partial charge on any atom is 0.226 e. The molecular formula is C14H18ClNO2. The summed E-state index contributed by atoms with van der Waals surface area (Å²) >= 11 is 5.80. The van der Waals surface area contributed by atoms with Crippen LogP contribution in [0.2, 0.25) is 5.02 Å². The monoisotopic (exact) mass is 267 g/mol. The van der Waals surface area contributed by atoms with Crippen molar-refractivity contribution in [1.29, 1.82) is 0 Å². The van der Waals surface area contributed by atoms with Crippen LogP contribution in [0.1, 0.15) is 18.4 Å². The quantitative estimate of drug-likeness (QED) is 0.908. The number of rotatable bonds is 4. The number of benzene rings is 1. The number of aliphatic hydroxyl groups is 1. The van der Waals surface area contributed by atoms with Crippen molar-refractivity contribution in [3.05, 3.63) is 34.9 Å². The van der Waals surface area contributed by atoms with E-state index in [1.165, 1.54) is 0 Å². The third kappa shape index (κ3) is 3.47. The van der Waals surface area contributed by atoms with Gasteiger partial charge in [0.25, 0.3) is 0 Å². The van der Waals surface area contributed by atoms with E-state index in [1.54, 1.807) is 17.0 Å². The van der Waals surface area contributed by atoms with Crippen LogP contribution in [0.3, 0.4) is 0 Å². The van der Waals surface area contributed by atoms with Gasteiger partial charge in [-0.05, 0) is 36.5 Å². The van der Waals surface area contributed by atoms with Gasteiger partial charge in [0, 0.05) is 18.6 Å². The first-order valence-electron chi connectivity index (χ1n) is 6.21. The number of hydrogen-bond acceptors (Lipinski definition) is 2. The molecule has 0 unspecified atom stereocenters. The molecule has 0 aromatic heterocycles. The van der Waals surface area contributed by atoms with Gasteiger partial charge in [-0.3, -0.25) is 4.79 Å². The molecule has 98 valence electrons. The van der Waals surface area contributed by atoms with Crippen molar-refractivity contribution in [2.24, 2.45) is 5.92 Å². The van der Waals surface area contributed by atoms with E-state index < -0.39 is 0 Å². The van der Waals surface area contributed by atoms with E-state index in [9.17, 15) is 9.90 Å². The highest BCUT2D eigenvalue weighted by atomic mass is 35.5. The van der Waals surface area contributed by atoms with Crippen molar-refractivity contribution in [1.82, 2.24) is 4.90 Å². The number of amides is 1. The maximum absolute atomic E-state index is 12.0. The third-order valence-electron chi connectivity index (χ3n) is 3.44. The summed E-state index contributed by atoms with van der Waals surface area (Å²) in [6.45, 7) is 0.740. The SMILES string of the molecule is CN(CC1CC(O)C1)C(=O)Cc1ccc(Cl)cc1. The van der Waals surface area contributed by atoms with Crippen LogP contribution >= 0.6 is 11.6 Å². The molecule has 1 aromatic rings. The first kappa shape index (κ1) is 13.4. The molecule has 18 heavy (non-hydrogen) atoms. The molecule has 1 aromatic carbocycles. The smallest absolute Gasteiger partial charge is 0.226 e. The second-order valence-electron chi connectivity index (χ2n) is 5.07. The molecule has 1 saturated carbocycles. The predicted octanol–water partition coefficient (Wildman–Crippen LogP) is 2.11. The summed E-state index contributed by atoms with van der Waals surface area (Å²) in [5.41, 5.74) is 0.977. The lowest BCUT2D eigenvalue weighted by Crippen LogP contribution is -2.40. The highest BCUT2D eigenvalue weighted by Gasteiger charge is 2.28. The highest BCUT2D eigenvalue weighted by Crippen LogP contribution is 2.27. The maximum atomic E-state index is 12.0. The normalized spacial score (nSPS) is 22.4. The third-order valence-corrected chi connectivity index (χ3v) is 3.69. The molecule has 0 spiro atoms. The Morgan fingerprint density at radius 3 is 2.56 bits per heavy atom. The van der Waals surface area contributed by atoms with Gasteiger partial charge >= 0.3 is 0 Å². The molecule has 2 rings (SSSR count). The minimum absolute atomic E-state index is 0.110. The highest BCUT2D eigenvalue weighted by molar-refractivity contribution is 6.30. The molecule has 0 atom stereocenters. The Balaban J connectivity index is 1.81. The van der Waals surface area contributed by atoms with Gasteiger partial charge in [0.15, 0.2) is 0 Å². The summed E-state index contributed by atoms with van der Waals surface area (Å²) in [6.07, 6.45) is 1.88. The Hall–Kier alpha value is -1.06. The van der Waals surface area contributed by atoms with Gasteiger partial charge in [-0.25, -0.2) is 0 Å². The van der Waals surface area contributed by atoms with E-state index >= 15 is 0 Å². The number of aliphatic hydroxyl groups excluding tert-OH is 1. The van der Waals surface area contributed by atoms with Crippen molar-refractivity contribution in [2.75, 3.05) is 13.6 Å². The summed E-state index contributed by atoms with van der Waals surface area (Å²) in [5.74, 6) is 0.567. The fourth-order valence-electron chi connectivity index (χ4n) is 2.25. The van der Waals surface area contributed by atoms with Gasteiger partial charge in [-0.1, -0.05) is 23.7 Å². The number of nitrogens with zero attached hydrogens (tertiary/aromatic N) is 1. The Kier molecular flexibility index (Phi) is 4.25. The zero-order valence-electron chi connectivity index (χ0n) is 10.5. The topological polar surface area (TPSA) is 40.5 Å². The van der Waals surface area contributed by atoms with E-state index in [4.69, 9.17) is 11.6 Å². The number of hydrogen-bond donors (Lipinski definition) is 1. The van der Waals surface area contributed by atoms with Crippen molar-refractivity contribution in [2.45, 2.75) is 25.4 Å². The van der Waals surface area contributed by atoms with Gasteiger partial charge in [-0.2, -0.15) is 0 Å². The van der Waals surface area contributed by atoms with E-state index in [-0.39, 0.29) is 12.0 Å². The van der Waals surface area contributed by atoms with E-state index in [0.29, 0.717) is 17.4 Å². The van der Waals surface area contributed by atoms with Gasteiger partial charge in [0.2, 0.25) is 5.91 Å². The molecule has 0 bridgehead atoms. The molecule has 1 aliphatic rings. The Labute approximate surface area is 112 Å². The average Bonchev–Trinajstić information content (AvgIpc) is 2.30. The number of carbonyl (C=O) groups is 1. The molecule has 1 N–H and O–H groups in total. The Morgan fingerprint density at radius 2 is 2.00 bits per heavy atom. The summed E-state index contributed by atoms with van der Waals surface area (Å²) in [6, 6.07) is 7.35. The van der Waals surface area contributed by atoms with Crippen LogP contribution in [0.4, 0.5) is 0 Å². The number of carbonyl (C=O) groups excluding carboxylic acids is 1. The summed E-state index contributed by atoms with van der Waals surface area (Å²) < 4.78 is 0.